The summed E-state index contributed by atoms with van der Waals surface area (Å²) in [4.78, 5) is 8.13. The van der Waals surface area contributed by atoms with Gasteiger partial charge in [0.15, 0.2) is 11.0 Å². The first-order valence-electron chi connectivity index (χ1n) is 5.52. The Kier molecular flexibility index (Phi) is 3.94. The molecule has 0 bridgehead atoms. The van der Waals surface area contributed by atoms with Gasteiger partial charge in [0.25, 0.3) is 0 Å². The number of hydrogen-bond donors (Lipinski definition) is 1. The summed E-state index contributed by atoms with van der Waals surface area (Å²) in [5.41, 5.74) is 1.28. The molecule has 1 aromatic heterocycles. The standard InChI is InChI=1S/C13H14ClN3/c1-10(9-11-5-3-2-4-6-11)17-13-12(14)15-7-8-16-13/h2-8,10H,9H2,1H3,(H,16,17). The van der Waals surface area contributed by atoms with Crippen LogP contribution in [0.25, 0.3) is 0 Å². The van der Waals surface area contributed by atoms with Gasteiger partial charge in [-0.2, -0.15) is 0 Å². The molecule has 17 heavy (non-hydrogen) atoms. The van der Waals surface area contributed by atoms with Crippen LogP contribution in [0, 0.1) is 0 Å². The van der Waals surface area contributed by atoms with E-state index in [2.05, 4.69) is 34.3 Å². The molecule has 0 spiro atoms. The van der Waals surface area contributed by atoms with Gasteiger partial charge in [-0.05, 0) is 18.9 Å². The van der Waals surface area contributed by atoms with Gasteiger partial charge in [0.1, 0.15) is 0 Å². The highest BCUT2D eigenvalue weighted by molar-refractivity contribution is 6.31. The summed E-state index contributed by atoms with van der Waals surface area (Å²) in [6.07, 6.45) is 4.13. The van der Waals surface area contributed by atoms with Gasteiger partial charge in [-0.25, -0.2) is 9.97 Å². The second kappa shape index (κ2) is 5.64. The molecule has 0 aliphatic heterocycles. The van der Waals surface area contributed by atoms with Gasteiger partial charge in [-0.3, -0.25) is 0 Å². The van der Waals surface area contributed by atoms with Crippen LogP contribution in [0.3, 0.4) is 0 Å². The SMILES string of the molecule is CC(Cc1ccccc1)Nc1nccnc1Cl. The monoisotopic (exact) mass is 247 g/mol. The van der Waals surface area contributed by atoms with Gasteiger partial charge in [-0.15, -0.1) is 0 Å². The second-order valence-corrected chi connectivity index (χ2v) is 4.29. The predicted octanol–water partition coefficient (Wildman–Crippen LogP) is 3.17. The summed E-state index contributed by atoms with van der Waals surface area (Å²) >= 11 is 5.94. The van der Waals surface area contributed by atoms with E-state index in [9.17, 15) is 0 Å². The van der Waals surface area contributed by atoms with E-state index in [1.165, 1.54) is 5.56 Å². The number of aromatic nitrogens is 2. The second-order valence-electron chi connectivity index (χ2n) is 3.93. The fraction of sp³-hybridized carbons (Fsp3) is 0.231. The highest BCUT2D eigenvalue weighted by Gasteiger charge is 2.07. The molecule has 1 atom stereocenters. The van der Waals surface area contributed by atoms with Crippen LogP contribution in [0.4, 0.5) is 5.82 Å². The van der Waals surface area contributed by atoms with Crippen molar-refractivity contribution in [3.63, 3.8) is 0 Å². The zero-order valence-corrected chi connectivity index (χ0v) is 10.4. The average Bonchev–Trinajstić information content (AvgIpc) is 2.33. The number of nitrogens with zero attached hydrogens (tertiary/aromatic N) is 2. The maximum Gasteiger partial charge on any atom is 0.171 e. The fourth-order valence-electron chi connectivity index (χ4n) is 1.67. The molecule has 1 heterocycles. The summed E-state index contributed by atoms with van der Waals surface area (Å²) in [5, 5.41) is 3.66. The number of hydrogen-bond acceptors (Lipinski definition) is 3. The van der Waals surface area contributed by atoms with Crippen LogP contribution in [-0.2, 0) is 6.42 Å². The summed E-state index contributed by atoms with van der Waals surface area (Å²) in [7, 11) is 0. The minimum Gasteiger partial charge on any atom is -0.365 e. The molecule has 2 rings (SSSR count). The number of anilines is 1. The third-order valence-corrected chi connectivity index (χ3v) is 2.70. The first kappa shape index (κ1) is 11.9. The lowest BCUT2D eigenvalue weighted by Crippen LogP contribution is -2.19. The van der Waals surface area contributed by atoms with Crippen LogP contribution in [0.5, 0.6) is 0 Å². The van der Waals surface area contributed by atoms with Crippen molar-refractivity contribution in [2.75, 3.05) is 5.32 Å². The molecule has 0 aliphatic carbocycles. The van der Waals surface area contributed by atoms with Crippen LogP contribution in [0.2, 0.25) is 5.15 Å². The molecule has 0 fully saturated rings. The molecular weight excluding hydrogens is 234 g/mol. The van der Waals surface area contributed by atoms with Crippen molar-refractivity contribution in [3.8, 4) is 0 Å². The van der Waals surface area contributed by atoms with E-state index in [-0.39, 0.29) is 6.04 Å². The molecule has 0 saturated carbocycles. The minimum atomic E-state index is 0.256. The number of halogens is 1. The molecule has 88 valence electrons. The van der Waals surface area contributed by atoms with E-state index in [0.29, 0.717) is 11.0 Å². The van der Waals surface area contributed by atoms with Crippen molar-refractivity contribution in [1.29, 1.82) is 0 Å². The third-order valence-electron chi connectivity index (χ3n) is 2.42. The minimum absolute atomic E-state index is 0.256. The molecule has 0 aliphatic rings. The Balaban J connectivity index is 1.98. The number of nitrogens with one attached hydrogen (secondary N) is 1. The first-order valence-corrected chi connectivity index (χ1v) is 5.90. The molecule has 4 heteroatoms. The fourth-order valence-corrected chi connectivity index (χ4v) is 1.83. The van der Waals surface area contributed by atoms with Crippen LogP contribution < -0.4 is 5.32 Å². The molecule has 2 aromatic rings. The number of benzene rings is 1. The first-order chi connectivity index (χ1) is 8.25. The topological polar surface area (TPSA) is 37.8 Å². The lowest BCUT2D eigenvalue weighted by molar-refractivity contribution is 0.783. The Morgan fingerprint density at radius 1 is 1.18 bits per heavy atom. The highest BCUT2D eigenvalue weighted by Crippen LogP contribution is 2.16. The predicted molar refractivity (Wildman–Crippen MR) is 70.3 cm³/mol. The van der Waals surface area contributed by atoms with Crippen molar-refractivity contribution in [2.24, 2.45) is 0 Å². The Morgan fingerprint density at radius 3 is 2.59 bits per heavy atom. The van der Waals surface area contributed by atoms with E-state index >= 15 is 0 Å². The maximum atomic E-state index is 5.94. The van der Waals surface area contributed by atoms with Gasteiger partial charge in [0.2, 0.25) is 0 Å². The molecule has 1 unspecified atom stereocenters. The smallest absolute Gasteiger partial charge is 0.171 e. The van der Waals surface area contributed by atoms with E-state index in [0.717, 1.165) is 6.42 Å². The zero-order valence-electron chi connectivity index (χ0n) is 9.60. The summed E-state index contributed by atoms with van der Waals surface area (Å²) in [6, 6.07) is 10.6. The zero-order chi connectivity index (χ0) is 12.1. The van der Waals surface area contributed by atoms with Crippen LogP contribution >= 0.6 is 11.6 Å². The molecule has 0 amide bonds. The van der Waals surface area contributed by atoms with E-state index in [4.69, 9.17) is 11.6 Å². The lowest BCUT2D eigenvalue weighted by Gasteiger charge is -2.14. The van der Waals surface area contributed by atoms with Crippen molar-refractivity contribution in [2.45, 2.75) is 19.4 Å². The van der Waals surface area contributed by atoms with Gasteiger partial charge >= 0.3 is 0 Å². The van der Waals surface area contributed by atoms with Crippen molar-refractivity contribution < 1.29 is 0 Å². The van der Waals surface area contributed by atoms with Gasteiger partial charge in [-0.1, -0.05) is 41.9 Å². The third kappa shape index (κ3) is 3.43. The molecule has 0 saturated heterocycles. The van der Waals surface area contributed by atoms with Crippen LogP contribution in [0.1, 0.15) is 12.5 Å². The van der Waals surface area contributed by atoms with E-state index in [1.54, 1.807) is 12.4 Å². The largest absolute Gasteiger partial charge is 0.365 e. The Morgan fingerprint density at radius 2 is 1.88 bits per heavy atom. The average molecular weight is 248 g/mol. The van der Waals surface area contributed by atoms with E-state index < -0.39 is 0 Å². The van der Waals surface area contributed by atoms with Crippen molar-refractivity contribution in [1.82, 2.24) is 9.97 Å². The normalized spacial score (nSPS) is 12.1. The van der Waals surface area contributed by atoms with Gasteiger partial charge < -0.3 is 5.32 Å². The van der Waals surface area contributed by atoms with E-state index in [1.807, 2.05) is 18.2 Å². The molecule has 3 nitrogen and oxygen atoms in total. The summed E-state index contributed by atoms with van der Waals surface area (Å²) in [5.74, 6) is 0.637. The summed E-state index contributed by atoms with van der Waals surface area (Å²) < 4.78 is 0. The maximum absolute atomic E-state index is 5.94. The number of rotatable bonds is 4. The molecule has 1 N–H and O–H groups in total. The van der Waals surface area contributed by atoms with Gasteiger partial charge in [0.05, 0.1) is 0 Å². The summed E-state index contributed by atoms with van der Waals surface area (Å²) in [6.45, 7) is 2.10. The Labute approximate surface area is 106 Å². The Hall–Kier alpha value is -1.61. The van der Waals surface area contributed by atoms with Crippen molar-refractivity contribution in [3.05, 3.63) is 53.4 Å². The quantitative estimate of drug-likeness (QED) is 0.902. The molecular formula is C13H14ClN3. The van der Waals surface area contributed by atoms with Crippen molar-refractivity contribution >= 4 is 17.4 Å². The molecule has 1 aromatic carbocycles. The lowest BCUT2D eigenvalue weighted by atomic mass is 10.1. The highest BCUT2D eigenvalue weighted by atomic mass is 35.5. The van der Waals surface area contributed by atoms with Crippen LogP contribution in [-0.4, -0.2) is 16.0 Å². The van der Waals surface area contributed by atoms with Gasteiger partial charge in [0, 0.05) is 18.4 Å². The Bertz CT molecular complexity index is 473. The van der Waals surface area contributed by atoms with Crippen LogP contribution in [0.15, 0.2) is 42.7 Å². The molecule has 0 radical (unpaired) electrons.